The molecule has 0 heterocycles. The van der Waals surface area contributed by atoms with Gasteiger partial charge in [0.2, 0.25) is 15.9 Å². The number of amides is 1. The van der Waals surface area contributed by atoms with Crippen LogP contribution in [0.15, 0.2) is 59.5 Å². The fraction of sp³-hybridized carbons (Fsp3) is 0.316. The van der Waals surface area contributed by atoms with Crippen molar-refractivity contribution in [3.05, 3.63) is 60.2 Å². The minimum Gasteiger partial charge on any atom is -0.325 e. The van der Waals surface area contributed by atoms with Gasteiger partial charge in [0, 0.05) is 25.8 Å². The fourth-order valence-electron chi connectivity index (χ4n) is 2.48. The van der Waals surface area contributed by atoms with Gasteiger partial charge in [-0.3, -0.25) is 10.1 Å². The van der Waals surface area contributed by atoms with E-state index in [0.717, 1.165) is 9.87 Å². The third kappa shape index (κ3) is 4.91. The van der Waals surface area contributed by atoms with Gasteiger partial charge < -0.3 is 5.32 Å². The van der Waals surface area contributed by atoms with Gasteiger partial charge in [0.1, 0.15) is 0 Å². The van der Waals surface area contributed by atoms with Gasteiger partial charge in [-0.05, 0) is 37.6 Å². The van der Waals surface area contributed by atoms with Gasteiger partial charge in [0.05, 0.1) is 10.9 Å². The smallest absolute Gasteiger partial charge is 0.242 e. The quantitative estimate of drug-likeness (QED) is 0.780. The topological polar surface area (TPSA) is 78.5 Å². The molecule has 0 aliphatic rings. The van der Waals surface area contributed by atoms with E-state index in [1.165, 1.54) is 26.2 Å². The average molecular weight is 375 g/mol. The first-order chi connectivity index (χ1) is 12.2. The highest BCUT2D eigenvalue weighted by molar-refractivity contribution is 7.89. The molecule has 140 valence electrons. The maximum Gasteiger partial charge on any atom is 0.242 e. The number of sulfonamides is 1. The zero-order valence-corrected chi connectivity index (χ0v) is 16.2. The minimum atomic E-state index is -3.54. The molecule has 2 rings (SSSR count). The molecule has 7 heteroatoms. The van der Waals surface area contributed by atoms with Crippen molar-refractivity contribution in [3.63, 3.8) is 0 Å². The van der Waals surface area contributed by atoms with Crippen LogP contribution < -0.4 is 10.6 Å². The first-order valence-corrected chi connectivity index (χ1v) is 9.80. The van der Waals surface area contributed by atoms with E-state index in [9.17, 15) is 13.2 Å². The summed E-state index contributed by atoms with van der Waals surface area (Å²) in [5, 5.41) is 6.01. The lowest BCUT2D eigenvalue weighted by atomic mass is 10.1. The Morgan fingerprint density at radius 1 is 1.00 bits per heavy atom. The summed E-state index contributed by atoms with van der Waals surface area (Å²) in [6, 6.07) is 15.7. The van der Waals surface area contributed by atoms with E-state index in [-0.39, 0.29) is 16.8 Å². The monoisotopic (exact) mass is 375 g/mol. The zero-order chi connectivity index (χ0) is 19.3. The highest BCUT2D eigenvalue weighted by atomic mass is 32.2. The molecule has 1 amide bonds. The van der Waals surface area contributed by atoms with Gasteiger partial charge in [-0.15, -0.1) is 0 Å². The molecule has 2 aromatic rings. The predicted octanol–water partition coefficient (Wildman–Crippen LogP) is 2.61. The van der Waals surface area contributed by atoms with Crippen LogP contribution in [0.5, 0.6) is 0 Å². The summed E-state index contributed by atoms with van der Waals surface area (Å²) in [7, 11) is -0.604. The Morgan fingerprint density at radius 3 is 2.27 bits per heavy atom. The molecule has 2 aromatic carbocycles. The summed E-state index contributed by atoms with van der Waals surface area (Å²) in [6.07, 6.45) is 0. The normalized spacial score (nSPS) is 14.0. The van der Waals surface area contributed by atoms with Crippen LogP contribution in [0, 0.1) is 0 Å². The van der Waals surface area contributed by atoms with Crippen LogP contribution in [0.2, 0.25) is 0 Å². The molecule has 6 nitrogen and oxygen atoms in total. The van der Waals surface area contributed by atoms with Gasteiger partial charge in [-0.2, -0.15) is 0 Å². The molecule has 0 aliphatic carbocycles. The van der Waals surface area contributed by atoms with Crippen LogP contribution in [0.4, 0.5) is 5.69 Å². The first-order valence-electron chi connectivity index (χ1n) is 8.36. The van der Waals surface area contributed by atoms with E-state index in [1.54, 1.807) is 19.1 Å². The fourth-order valence-corrected chi connectivity index (χ4v) is 3.43. The Bertz CT molecular complexity index is 851. The van der Waals surface area contributed by atoms with E-state index >= 15 is 0 Å². The number of carbonyl (C=O) groups excluding carboxylic acids is 1. The van der Waals surface area contributed by atoms with Crippen molar-refractivity contribution < 1.29 is 13.2 Å². The van der Waals surface area contributed by atoms with Crippen LogP contribution in [-0.2, 0) is 14.8 Å². The Kier molecular flexibility index (Phi) is 6.52. The molecule has 2 N–H and O–H groups in total. The van der Waals surface area contributed by atoms with Gasteiger partial charge in [0.25, 0.3) is 0 Å². The van der Waals surface area contributed by atoms with E-state index in [1.807, 2.05) is 37.3 Å². The van der Waals surface area contributed by atoms with Crippen LogP contribution in [0.3, 0.4) is 0 Å². The van der Waals surface area contributed by atoms with E-state index in [2.05, 4.69) is 10.6 Å². The van der Waals surface area contributed by atoms with Crippen molar-refractivity contribution in [3.8, 4) is 0 Å². The lowest BCUT2D eigenvalue weighted by molar-refractivity contribution is -0.117. The predicted molar refractivity (Wildman–Crippen MR) is 103 cm³/mol. The van der Waals surface area contributed by atoms with Gasteiger partial charge >= 0.3 is 0 Å². The van der Waals surface area contributed by atoms with Crippen molar-refractivity contribution in [2.45, 2.75) is 30.8 Å². The SMILES string of the molecule is C[C@H](N[C@@H](C)c1ccccc1)C(=O)Nc1cccc(S(=O)(=O)N(C)C)c1. The molecule has 0 aromatic heterocycles. The number of nitrogens with one attached hydrogen (secondary N) is 2. The second-order valence-corrected chi connectivity index (χ2v) is 8.48. The summed E-state index contributed by atoms with van der Waals surface area (Å²) in [4.78, 5) is 12.6. The second kappa shape index (κ2) is 8.44. The molecular formula is C19H25N3O3S. The molecule has 0 fully saturated rings. The minimum absolute atomic E-state index is 0.0115. The number of nitrogens with zero attached hydrogens (tertiary/aromatic N) is 1. The highest BCUT2D eigenvalue weighted by Gasteiger charge is 2.19. The lowest BCUT2D eigenvalue weighted by Crippen LogP contribution is -2.39. The van der Waals surface area contributed by atoms with Gasteiger partial charge in [-0.1, -0.05) is 36.4 Å². The van der Waals surface area contributed by atoms with Crippen molar-refractivity contribution in [1.29, 1.82) is 0 Å². The van der Waals surface area contributed by atoms with Crippen molar-refractivity contribution >= 4 is 21.6 Å². The van der Waals surface area contributed by atoms with Crippen LogP contribution in [0.1, 0.15) is 25.5 Å². The van der Waals surface area contributed by atoms with E-state index in [4.69, 9.17) is 0 Å². The lowest BCUT2D eigenvalue weighted by Gasteiger charge is -2.20. The maximum atomic E-state index is 12.4. The van der Waals surface area contributed by atoms with Crippen molar-refractivity contribution in [2.75, 3.05) is 19.4 Å². The van der Waals surface area contributed by atoms with E-state index in [0.29, 0.717) is 5.69 Å². The summed E-state index contributed by atoms with van der Waals surface area (Å²) in [5.41, 5.74) is 1.53. The Morgan fingerprint density at radius 2 is 1.65 bits per heavy atom. The number of rotatable bonds is 7. The Labute approximate surface area is 155 Å². The molecule has 0 aliphatic heterocycles. The van der Waals surface area contributed by atoms with Crippen molar-refractivity contribution in [1.82, 2.24) is 9.62 Å². The molecule has 0 bridgehead atoms. The van der Waals surface area contributed by atoms with Crippen LogP contribution in [0.25, 0.3) is 0 Å². The third-order valence-electron chi connectivity index (χ3n) is 4.07. The third-order valence-corrected chi connectivity index (χ3v) is 5.88. The van der Waals surface area contributed by atoms with Gasteiger partial charge in [0.15, 0.2) is 0 Å². The Balaban J connectivity index is 2.05. The molecule has 26 heavy (non-hydrogen) atoms. The summed E-state index contributed by atoms with van der Waals surface area (Å²) < 4.78 is 25.6. The van der Waals surface area contributed by atoms with Crippen molar-refractivity contribution in [2.24, 2.45) is 0 Å². The average Bonchev–Trinajstić information content (AvgIpc) is 2.62. The molecule has 2 atom stereocenters. The molecule has 0 unspecified atom stereocenters. The molecule has 0 radical (unpaired) electrons. The Hall–Kier alpha value is -2.22. The number of benzene rings is 2. The number of hydrogen-bond acceptors (Lipinski definition) is 4. The highest BCUT2D eigenvalue weighted by Crippen LogP contribution is 2.18. The number of carbonyl (C=O) groups is 1. The van der Waals surface area contributed by atoms with Crippen LogP contribution in [-0.4, -0.2) is 38.8 Å². The van der Waals surface area contributed by atoms with Gasteiger partial charge in [-0.25, -0.2) is 12.7 Å². The molecule has 0 saturated carbocycles. The zero-order valence-electron chi connectivity index (χ0n) is 15.4. The summed E-state index contributed by atoms with van der Waals surface area (Å²) in [5.74, 6) is -0.229. The molecule has 0 spiro atoms. The second-order valence-electron chi connectivity index (χ2n) is 6.33. The largest absolute Gasteiger partial charge is 0.325 e. The standard InChI is InChI=1S/C19H25N3O3S/c1-14(16-9-6-5-7-10-16)20-15(2)19(23)21-17-11-8-12-18(13-17)26(24,25)22(3)4/h5-15,20H,1-4H3,(H,21,23)/t14-,15-/m0/s1. The molecule has 0 saturated heterocycles. The van der Waals surface area contributed by atoms with E-state index < -0.39 is 16.1 Å². The number of anilines is 1. The van der Waals surface area contributed by atoms with Crippen LogP contribution >= 0.6 is 0 Å². The molecular weight excluding hydrogens is 350 g/mol. The maximum absolute atomic E-state index is 12.4. The summed E-state index contributed by atoms with van der Waals surface area (Å²) >= 11 is 0. The summed E-state index contributed by atoms with van der Waals surface area (Å²) in [6.45, 7) is 3.76. The number of hydrogen-bond donors (Lipinski definition) is 2. The first kappa shape index (κ1) is 20.1.